The van der Waals surface area contributed by atoms with Crippen LogP contribution in [0.25, 0.3) is 0 Å². The average molecular weight is 356 g/mol. The summed E-state index contributed by atoms with van der Waals surface area (Å²) in [5, 5.41) is 2.50. The lowest BCUT2D eigenvalue weighted by Crippen LogP contribution is -2.30. The summed E-state index contributed by atoms with van der Waals surface area (Å²) in [5.74, 6) is -1.56. The van der Waals surface area contributed by atoms with Crippen LogP contribution in [0, 0.1) is 11.6 Å². The molecule has 2 aromatic carbocycles. The van der Waals surface area contributed by atoms with Crippen LogP contribution < -0.4 is 10.1 Å². The van der Waals surface area contributed by atoms with E-state index in [2.05, 4.69) is 21.2 Å². The van der Waals surface area contributed by atoms with Gasteiger partial charge in [0.15, 0.2) is 17.7 Å². The molecule has 1 atom stereocenters. The lowest BCUT2D eigenvalue weighted by atomic mass is 10.3. The molecule has 0 saturated heterocycles. The number of nitrogens with one attached hydrogen (secondary N) is 1. The Balaban J connectivity index is 2.02. The Morgan fingerprint density at radius 1 is 1.24 bits per heavy atom. The van der Waals surface area contributed by atoms with E-state index in [1.54, 1.807) is 12.1 Å². The fourth-order valence-electron chi connectivity index (χ4n) is 1.62. The van der Waals surface area contributed by atoms with E-state index >= 15 is 0 Å². The first-order valence-corrected chi connectivity index (χ1v) is 6.93. The van der Waals surface area contributed by atoms with Crippen molar-refractivity contribution in [1.82, 2.24) is 0 Å². The van der Waals surface area contributed by atoms with E-state index in [0.717, 1.165) is 0 Å². The van der Waals surface area contributed by atoms with Gasteiger partial charge in [-0.1, -0.05) is 22.0 Å². The maximum Gasteiger partial charge on any atom is 0.265 e. The van der Waals surface area contributed by atoms with Gasteiger partial charge in [-0.25, -0.2) is 8.78 Å². The smallest absolute Gasteiger partial charge is 0.265 e. The van der Waals surface area contributed by atoms with E-state index in [1.807, 2.05) is 0 Å². The van der Waals surface area contributed by atoms with E-state index in [0.29, 0.717) is 10.2 Å². The molecule has 0 aromatic heterocycles. The third-order valence-corrected chi connectivity index (χ3v) is 3.15. The highest BCUT2D eigenvalue weighted by Crippen LogP contribution is 2.22. The van der Waals surface area contributed by atoms with Crippen LogP contribution in [0.3, 0.4) is 0 Å². The Hall–Kier alpha value is -1.95. The number of hydrogen-bond donors (Lipinski definition) is 1. The first-order valence-electron chi connectivity index (χ1n) is 6.14. The zero-order chi connectivity index (χ0) is 15.4. The monoisotopic (exact) mass is 355 g/mol. The van der Waals surface area contributed by atoms with Crippen molar-refractivity contribution in [2.75, 3.05) is 5.32 Å². The van der Waals surface area contributed by atoms with Crippen molar-refractivity contribution in [2.24, 2.45) is 0 Å². The van der Waals surface area contributed by atoms with Gasteiger partial charge in [-0.2, -0.15) is 0 Å². The van der Waals surface area contributed by atoms with Crippen molar-refractivity contribution in [2.45, 2.75) is 13.0 Å². The fourth-order valence-corrected chi connectivity index (χ4v) is 1.96. The number of benzene rings is 2. The Kier molecular flexibility index (Phi) is 4.90. The highest BCUT2D eigenvalue weighted by Gasteiger charge is 2.17. The SMILES string of the molecule is C[C@@H](Oc1ccc(Br)cc1F)C(=O)Nc1cccc(F)c1. The van der Waals surface area contributed by atoms with E-state index in [4.69, 9.17) is 4.74 Å². The molecule has 0 bridgehead atoms. The summed E-state index contributed by atoms with van der Waals surface area (Å²) >= 11 is 3.13. The summed E-state index contributed by atoms with van der Waals surface area (Å²) in [5.41, 5.74) is 0.312. The number of carbonyl (C=O) groups excluding carboxylic acids is 1. The maximum absolute atomic E-state index is 13.6. The van der Waals surface area contributed by atoms with Gasteiger partial charge in [0.2, 0.25) is 0 Å². The summed E-state index contributed by atoms with van der Waals surface area (Å²) in [7, 11) is 0. The Labute approximate surface area is 129 Å². The molecule has 0 fully saturated rings. The van der Waals surface area contributed by atoms with Gasteiger partial charge in [0.05, 0.1) is 0 Å². The molecule has 0 aliphatic rings. The second-order valence-electron chi connectivity index (χ2n) is 4.33. The molecule has 0 aliphatic heterocycles. The van der Waals surface area contributed by atoms with Crippen LogP contribution in [-0.2, 0) is 4.79 Å². The van der Waals surface area contributed by atoms with Gasteiger partial charge in [-0.15, -0.1) is 0 Å². The van der Waals surface area contributed by atoms with Gasteiger partial charge < -0.3 is 10.1 Å². The Bertz CT molecular complexity index is 664. The molecule has 2 aromatic rings. The van der Waals surface area contributed by atoms with Crippen molar-refractivity contribution >= 4 is 27.5 Å². The number of rotatable bonds is 4. The average Bonchev–Trinajstić information content (AvgIpc) is 2.41. The van der Waals surface area contributed by atoms with Crippen LogP contribution in [0.15, 0.2) is 46.9 Å². The van der Waals surface area contributed by atoms with Crippen molar-refractivity contribution in [3.8, 4) is 5.75 Å². The van der Waals surface area contributed by atoms with Crippen LogP contribution in [0.1, 0.15) is 6.92 Å². The molecule has 2 rings (SSSR count). The third kappa shape index (κ3) is 4.26. The molecule has 6 heteroatoms. The largest absolute Gasteiger partial charge is 0.478 e. The summed E-state index contributed by atoms with van der Waals surface area (Å²) in [6, 6.07) is 9.75. The highest BCUT2D eigenvalue weighted by atomic mass is 79.9. The number of hydrogen-bond acceptors (Lipinski definition) is 2. The molecule has 0 spiro atoms. The molecule has 0 radical (unpaired) electrons. The molecule has 0 heterocycles. The summed E-state index contributed by atoms with van der Waals surface area (Å²) in [4.78, 5) is 11.9. The maximum atomic E-state index is 13.6. The van der Waals surface area contributed by atoms with E-state index < -0.39 is 23.6 Å². The first-order chi connectivity index (χ1) is 9.95. The zero-order valence-electron chi connectivity index (χ0n) is 11.1. The topological polar surface area (TPSA) is 38.3 Å². The fraction of sp³-hybridized carbons (Fsp3) is 0.133. The summed E-state index contributed by atoms with van der Waals surface area (Å²) in [6.07, 6.45) is -0.927. The van der Waals surface area contributed by atoms with E-state index in [-0.39, 0.29) is 5.75 Å². The van der Waals surface area contributed by atoms with Gasteiger partial charge in [0, 0.05) is 10.2 Å². The van der Waals surface area contributed by atoms with E-state index in [9.17, 15) is 13.6 Å². The van der Waals surface area contributed by atoms with Crippen LogP contribution in [0.2, 0.25) is 0 Å². The zero-order valence-corrected chi connectivity index (χ0v) is 12.7. The molecule has 0 saturated carbocycles. The van der Waals surface area contributed by atoms with Gasteiger partial charge >= 0.3 is 0 Å². The Morgan fingerprint density at radius 2 is 2.00 bits per heavy atom. The second-order valence-corrected chi connectivity index (χ2v) is 5.25. The van der Waals surface area contributed by atoms with Gasteiger partial charge in [0.1, 0.15) is 5.82 Å². The normalized spacial score (nSPS) is 11.8. The number of ether oxygens (including phenoxy) is 1. The lowest BCUT2D eigenvalue weighted by Gasteiger charge is -2.15. The standard InChI is InChI=1S/C15H12BrF2NO2/c1-9(21-14-6-5-10(16)7-13(14)18)15(20)19-12-4-2-3-11(17)8-12/h2-9H,1H3,(H,19,20)/t9-/m1/s1. The minimum absolute atomic E-state index is 0.0277. The van der Waals surface area contributed by atoms with Crippen LogP contribution >= 0.6 is 15.9 Å². The van der Waals surface area contributed by atoms with Crippen molar-refractivity contribution in [1.29, 1.82) is 0 Å². The van der Waals surface area contributed by atoms with Crippen LogP contribution in [0.4, 0.5) is 14.5 Å². The number of halogens is 3. The predicted octanol–water partition coefficient (Wildman–Crippen LogP) is 4.13. The molecular weight excluding hydrogens is 344 g/mol. The molecule has 1 N–H and O–H groups in total. The molecule has 1 amide bonds. The minimum Gasteiger partial charge on any atom is -0.478 e. The molecule has 21 heavy (non-hydrogen) atoms. The van der Waals surface area contributed by atoms with Crippen molar-refractivity contribution in [3.63, 3.8) is 0 Å². The molecule has 0 aliphatic carbocycles. The molecular formula is C15H12BrF2NO2. The third-order valence-electron chi connectivity index (χ3n) is 2.66. The van der Waals surface area contributed by atoms with Gasteiger partial charge in [-0.05, 0) is 43.3 Å². The van der Waals surface area contributed by atoms with Crippen LogP contribution in [-0.4, -0.2) is 12.0 Å². The molecule has 110 valence electrons. The number of amides is 1. The summed E-state index contributed by atoms with van der Waals surface area (Å²) < 4.78 is 32.5. The Morgan fingerprint density at radius 3 is 2.67 bits per heavy atom. The van der Waals surface area contributed by atoms with Crippen LogP contribution in [0.5, 0.6) is 5.75 Å². The number of anilines is 1. The van der Waals surface area contributed by atoms with Gasteiger partial charge in [-0.3, -0.25) is 4.79 Å². The second kappa shape index (κ2) is 6.67. The predicted molar refractivity (Wildman–Crippen MR) is 79.2 cm³/mol. The molecule has 0 unspecified atom stereocenters. The number of carbonyl (C=O) groups is 1. The minimum atomic E-state index is -0.927. The van der Waals surface area contributed by atoms with Crippen molar-refractivity contribution in [3.05, 3.63) is 58.6 Å². The summed E-state index contributed by atoms with van der Waals surface area (Å²) in [6.45, 7) is 1.48. The van der Waals surface area contributed by atoms with Gasteiger partial charge in [0.25, 0.3) is 5.91 Å². The highest BCUT2D eigenvalue weighted by molar-refractivity contribution is 9.10. The van der Waals surface area contributed by atoms with E-state index in [1.165, 1.54) is 37.3 Å². The molecule has 3 nitrogen and oxygen atoms in total. The first kappa shape index (κ1) is 15.4. The van der Waals surface area contributed by atoms with Crippen molar-refractivity contribution < 1.29 is 18.3 Å². The lowest BCUT2D eigenvalue weighted by molar-refractivity contribution is -0.122. The quantitative estimate of drug-likeness (QED) is 0.895.